The van der Waals surface area contributed by atoms with E-state index < -0.39 is 33.3 Å². The van der Waals surface area contributed by atoms with Crippen molar-refractivity contribution in [3.8, 4) is 0 Å². The topological polar surface area (TPSA) is 130 Å². The summed E-state index contributed by atoms with van der Waals surface area (Å²) in [4.78, 5) is 40.2. The van der Waals surface area contributed by atoms with Crippen LogP contribution < -0.4 is 20.7 Å². The zero-order valence-corrected chi connectivity index (χ0v) is 30.8. The van der Waals surface area contributed by atoms with Crippen molar-refractivity contribution >= 4 is 76.8 Å². The minimum Gasteiger partial charge on any atom is -0.428 e. The average Bonchev–Trinajstić information content (AvgIpc) is 2.94. The first-order valence-electron chi connectivity index (χ1n) is 14.5. The maximum Gasteiger partial charge on any atom is 0.213 e. The van der Waals surface area contributed by atoms with Gasteiger partial charge in [0.15, 0.2) is 0 Å². The van der Waals surface area contributed by atoms with Gasteiger partial charge >= 0.3 is 0 Å². The standard InChI is InChI=1S/2C16H22N2O2Si2/c2*1-21(2,19)15-9-5-13(6-10-15)17-18-14-7-11-16(12-8-14)22(3,4)20/h2*5-12,19-20H,1-4H3. The van der Waals surface area contributed by atoms with Crippen LogP contribution in [0.25, 0.3) is 0 Å². The largest absolute Gasteiger partial charge is 0.428 e. The lowest BCUT2D eigenvalue weighted by Gasteiger charge is -2.14. The van der Waals surface area contributed by atoms with Crippen molar-refractivity contribution in [1.29, 1.82) is 0 Å². The Hall–Kier alpha value is -3.21. The molecule has 0 heterocycles. The fraction of sp³-hybridized carbons (Fsp3) is 0.250. The van der Waals surface area contributed by atoms with Gasteiger partial charge in [0.1, 0.15) is 0 Å². The zero-order chi connectivity index (χ0) is 32.8. The lowest BCUT2D eigenvalue weighted by Crippen LogP contribution is -2.41. The van der Waals surface area contributed by atoms with Gasteiger partial charge in [-0.15, -0.1) is 0 Å². The smallest absolute Gasteiger partial charge is 0.213 e. The van der Waals surface area contributed by atoms with Crippen LogP contribution in [-0.2, 0) is 0 Å². The van der Waals surface area contributed by atoms with E-state index in [4.69, 9.17) is 0 Å². The van der Waals surface area contributed by atoms with Crippen molar-refractivity contribution in [2.75, 3.05) is 0 Å². The van der Waals surface area contributed by atoms with Crippen molar-refractivity contribution in [3.05, 3.63) is 97.1 Å². The molecule has 12 heteroatoms. The second-order valence-corrected chi connectivity index (χ2v) is 27.6. The van der Waals surface area contributed by atoms with Gasteiger partial charge in [-0.2, -0.15) is 20.5 Å². The van der Waals surface area contributed by atoms with E-state index in [1.165, 1.54) is 0 Å². The van der Waals surface area contributed by atoms with E-state index in [2.05, 4.69) is 20.5 Å². The minimum atomic E-state index is -2.26. The molecule has 232 valence electrons. The fourth-order valence-corrected chi connectivity index (χ4v) is 7.90. The highest BCUT2D eigenvalue weighted by atomic mass is 28.4. The second-order valence-electron chi connectivity index (χ2n) is 12.8. The Kier molecular flexibility index (Phi) is 11.4. The third kappa shape index (κ3) is 11.1. The van der Waals surface area contributed by atoms with Gasteiger partial charge in [-0.3, -0.25) is 0 Å². The van der Waals surface area contributed by atoms with E-state index in [-0.39, 0.29) is 0 Å². The number of hydrogen-bond donors (Lipinski definition) is 4. The molecule has 0 saturated heterocycles. The summed E-state index contributed by atoms with van der Waals surface area (Å²) in [5.41, 5.74) is 3.01. The van der Waals surface area contributed by atoms with Crippen molar-refractivity contribution < 1.29 is 19.2 Å². The van der Waals surface area contributed by atoms with Crippen molar-refractivity contribution in [3.63, 3.8) is 0 Å². The quantitative estimate of drug-likeness (QED) is 0.140. The van der Waals surface area contributed by atoms with Gasteiger partial charge in [0.2, 0.25) is 33.3 Å². The van der Waals surface area contributed by atoms with Crippen LogP contribution in [0.15, 0.2) is 118 Å². The summed E-state index contributed by atoms with van der Waals surface area (Å²) >= 11 is 0. The van der Waals surface area contributed by atoms with Gasteiger partial charge in [0.25, 0.3) is 0 Å². The lowest BCUT2D eigenvalue weighted by molar-refractivity contribution is 0.567. The first-order chi connectivity index (χ1) is 20.3. The highest BCUT2D eigenvalue weighted by Crippen LogP contribution is 2.19. The van der Waals surface area contributed by atoms with Crippen LogP contribution >= 0.6 is 0 Å². The van der Waals surface area contributed by atoms with Crippen LogP contribution in [0.1, 0.15) is 0 Å². The Bertz CT molecular complexity index is 1310. The zero-order valence-electron chi connectivity index (χ0n) is 26.8. The number of hydrogen-bond acceptors (Lipinski definition) is 8. The van der Waals surface area contributed by atoms with E-state index in [9.17, 15) is 19.2 Å². The summed E-state index contributed by atoms with van der Waals surface area (Å²) < 4.78 is 0. The van der Waals surface area contributed by atoms with Crippen LogP contribution in [0.2, 0.25) is 52.4 Å². The second kappa shape index (κ2) is 14.3. The molecule has 44 heavy (non-hydrogen) atoms. The van der Waals surface area contributed by atoms with Crippen molar-refractivity contribution in [2.45, 2.75) is 52.4 Å². The number of rotatable bonds is 8. The SMILES string of the molecule is C[Si](C)(O)c1ccc(N=Nc2ccc([Si](C)(C)O)cc2)cc1.C[Si](C)(O)c1ccc(N=Nc2ccc([Si](C)(C)O)cc2)cc1. The van der Waals surface area contributed by atoms with Gasteiger partial charge in [0.05, 0.1) is 22.7 Å². The molecule has 0 aliphatic rings. The molecule has 0 bridgehead atoms. The molecule has 0 spiro atoms. The molecule has 0 saturated carbocycles. The molecule has 4 N–H and O–H groups in total. The maximum atomic E-state index is 10.0. The Morgan fingerprint density at radius 2 is 0.432 bits per heavy atom. The van der Waals surface area contributed by atoms with Gasteiger partial charge in [-0.05, 0) is 122 Å². The van der Waals surface area contributed by atoms with Crippen LogP contribution in [0, 0.1) is 0 Å². The molecule has 0 radical (unpaired) electrons. The molecule has 4 rings (SSSR count). The molecule has 8 nitrogen and oxygen atoms in total. The fourth-order valence-electron chi connectivity index (χ4n) is 3.97. The van der Waals surface area contributed by atoms with Gasteiger partial charge in [-0.25, -0.2) is 0 Å². The Balaban J connectivity index is 0.000000240. The Morgan fingerprint density at radius 1 is 0.295 bits per heavy atom. The van der Waals surface area contributed by atoms with E-state index >= 15 is 0 Å². The Labute approximate surface area is 265 Å². The van der Waals surface area contributed by atoms with Crippen LogP contribution in [0.5, 0.6) is 0 Å². The third-order valence-electron chi connectivity index (χ3n) is 6.86. The maximum absolute atomic E-state index is 10.0. The monoisotopic (exact) mass is 660 g/mol. The van der Waals surface area contributed by atoms with E-state index in [1.807, 2.05) is 149 Å². The molecule has 0 atom stereocenters. The molecule has 0 fully saturated rings. The number of azo groups is 2. The first-order valence-corrected chi connectivity index (χ1v) is 26.3. The molecule has 0 aromatic heterocycles. The summed E-state index contributed by atoms with van der Waals surface area (Å²) in [5.74, 6) is 0. The van der Waals surface area contributed by atoms with Crippen molar-refractivity contribution in [2.24, 2.45) is 20.5 Å². The van der Waals surface area contributed by atoms with Crippen LogP contribution in [0.4, 0.5) is 22.7 Å². The molecule has 4 aromatic carbocycles. The minimum absolute atomic E-state index is 0.753. The van der Waals surface area contributed by atoms with Crippen LogP contribution in [0.3, 0.4) is 0 Å². The van der Waals surface area contributed by atoms with Crippen LogP contribution in [-0.4, -0.2) is 52.5 Å². The predicted octanol–water partition coefficient (Wildman–Crippen LogP) is 5.82. The lowest BCUT2D eigenvalue weighted by atomic mass is 10.3. The van der Waals surface area contributed by atoms with E-state index in [0.29, 0.717) is 0 Å². The molecule has 0 aliphatic carbocycles. The third-order valence-corrected chi connectivity index (χ3v) is 13.8. The summed E-state index contributed by atoms with van der Waals surface area (Å²) in [6.07, 6.45) is 0. The highest BCUT2D eigenvalue weighted by Gasteiger charge is 2.21. The van der Waals surface area contributed by atoms with Crippen molar-refractivity contribution in [1.82, 2.24) is 0 Å². The van der Waals surface area contributed by atoms with Gasteiger partial charge in [0, 0.05) is 0 Å². The van der Waals surface area contributed by atoms with Gasteiger partial charge < -0.3 is 19.2 Å². The van der Waals surface area contributed by atoms with E-state index in [0.717, 1.165) is 43.5 Å². The molecular weight excluding hydrogens is 617 g/mol. The van der Waals surface area contributed by atoms with E-state index in [1.54, 1.807) is 0 Å². The molecule has 0 amide bonds. The highest BCUT2D eigenvalue weighted by molar-refractivity contribution is 6.84. The summed E-state index contributed by atoms with van der Waals surface area (Å²) in [6, 6.07) is 30.2. The summed E-state index contributed by atoms with van der Waals surface area (Å²) in [7, 11) is -9.04. The molecule has 0 aliphatic heterocycles. The molecular formula is C32H44N4O4Si4. The number of nitrogens with zero attached hydrogens (tertiary/aromatic N) is 4. The molecule has 4 aromatic rings. The summed E-state index contributed by atoms with van der Waals surface area (Å²) in [6.45, 7) is 15.1. The number of benzene rings is 4. The predicted molar refractivity (Wildman–Crippen MR) is 191 cm³/mol. The Morgan fingerprint density at radius 3 is 0.545 bits per heavy atom. The summed E-state index contributed by atoms with van der Waals surface area (Å²) in [5, 5.41) is 20.7. The average molecular weight is 661 g/mol. The van der Waals surface area contributed by atoms with Gasteiger partial charge in [-0.1, -0.05) is 48.5 Å². The normalized spacial score (nSPS) is 12.8. The first kappa shape index (κ1) is 35.3. The molecule has 0 unspecified atom stereocenters.